The second-order valence-electron chi connectivity index (χ2n) is 10.3. The molecule has 0 radical (unpaired) electrons. The van der Waals surface area contributed by atoms with Gasteiger partial charge in [-0.05, 0) is 76.8 Å². The summed E-state index contributed by atoms with van der Waals surface area (Å²) in [6.07, 6.45) is 6.49. The van der Waals surface area contributed by atoms with Gasteiger partial charge in [-0.25, -0.2) is 13.8 Å². The van der Waals surface area contributed by atoms with Crippen molar-refractivity contribution in [3.05, 3.63) is 69.8 Å². The lowest BCUT2D eigenvalue weighted by Crippen LogP contribution is -2.33. The smallest absolute Gasteiger partial charge is 0.215 e. The van der Waals surface area contributed by atoms with Crippen LogP contribution < -0.4 is 16.0 Å². The number of aromatic amines is 1. The molecule has 9 nitrogen and oxygen atoms in total. The Hall–Kier alpha value is -3.93. The third-order valence-electron chi connectivity index (χ3n) is 7.37. The van der Waals surface area contributed by atoms with Crippen LogP contribution in [0.2, 0.25) is 0 Å². The van der Waals surface area contributed by atoms with Crippen LogP contribution in [0.3, 0.4) is 0 Å². The summed E-state index contributed by atoms with van der Waals surface area (Å²) in [6.45, 7) is 9.92. The zero-order valence-electron chi connectivity index (χ0n) is 26.2. The first-order valence-corrected chi connectivity index (χ1v) is 15.4. The minimum absolute atomic E-state index is 0.120. The van der Waals surface area contributed by atoms with Crippen molar-refractivity contribution in [2.75, 3.05) is 37.1 Å². The molecule has 232 valence electrons. The molecule has 0 atom stereocenters. The zero-order chi connectivity index (χ0) is 31.8. The number of nitrogens with one attached hydrogen (secondary N) is 2. The average molecular weight is 613 g/mol. The number of thioether (sulfide) groups is 1. The van der Waals surface area contributed by atoms with E-state index in [9.17, 15) is 4.79 Å². The zero-order valence-corrected chi connectivity index (χ0v) is 27.0. The van der Waals surface area contributed by atoms with Crippen LogP contribution in [0.4, 0.5) is 20.3 Å². The van der Waals surface area contributed by atoms with Crippen LogP contribution in [0.1, 0.15) is 52.7 Å². The van der Waals surface area contributed by atoms with Gasteiger partial charge in [-0.15, -0.1) is 11.8 Å². The summed E-state index contributed by atoms with van der Waals surface area (Å²) in [5.74, 6) is 0.539. The SMILES string of the molecule is CC/C(C)=C(C(=C\N)\C(=NC)N(C=O)CC)/C(=C(\N=C(/C)N(C)c1c(F)cc(SC)cc1F)Nc1cc(C)[nH]n1)C1CC1. The number of hydrogen-bond acceptors (Lipinski definition) is 7. The van der Waals surface area contributed by atoms with Crippen LogP contribution in [-0.4, -0.2) is 60.1 Å². The first-order chi connectivity index (χ1) is 20.5. The highest BCUT2D eigenvalue weighted by Gasteiger charge is 2.35. The van der Waals surface area contributed by atoms with E-state index >= 15 is 8.78 Å². The topological polar surface area (TPSA) is 115 Å². The molecule has 0 bridgehead atoms. The van der Waals surface area contributed by atoms with Crippen LogP contribution >= 0.6 is 11.8 Å². The summed E-state index contributed by atoms with van der Waals surface area (Å²) in [7, 11) is 3.20. The molecule has 1 aliphatic rings. The number of aromatic nitrogens is 2. The minimum atomic E-state index is -0.682. The van der Waals surface area contributed by atoms with E-state index in [0.717, 1.165) is 41.7 Å². The Balaban J connectivity index is 2.32. The number of carbonyl (C=O) groups excluding carboxylic acids is 1. The molecule has 43 heavy (non-hydrogen) atoms. The molecule has 2 aromatic rings. The number of nitrogens with zero attached hydrogens (tertiary/aromatic N) is 5. The fourth-order valence-corrected chi connectivity index (χ4v) is 5.20. The molecule has 0 spiro atoms. The highest BCUT2D eigenvalue weighted by atomic mass is 32.2. The van der Waals surface area contributed by atoms with E-state index in [1.54, 1.807) is 27.3 Å². The average Bonchev–Trinajstić information content (AvgIpc) is 3.74. The minimum Gasteiger partial charge on any atom is -0.404 e. The number of benzene rings is 1. The first-order valence-electron chi connectivity index (χ1n) is 14.2. The number of hydrogen-bond donors (Lipinski definition) is 3. The Morgan fingerprint density at radius 2 is 1.88 bits per heavy atom. The number of aryl methyl sites for hydroxylation is 1. The predicted octanol–water partition coefficient (Wildman–Crippen LogP) is 6.38. The van der Waals surface area contributed by atoms with Gasteiger partial charge in [0.05, 0.1) is 0 Å². The molecule has 1 amide bonds. The second-order valence-corrected chi connectivity index (χ2v) is 11.2. The van der Waals surface area contributed by atoms with E-state index < -0.39 is 11.6 Å². The fraction of sp³-hybridized carbons (Fsp3) is 0.419. The summed E-state index contributed by atoms with van der Waals surface area (Å²) < 4.78 is 30.3. The number of amidine groups is 2. The number of allylic oxidation sites excluding steroid dienone is 2. The Morgan fingerprint density at radius 3 is 2.33 bits per heavy atom. The number of aliphatic imine (C=N–C) groups is 2. The van der Waals surface area contributed by atoms with Gasteiger partial charge in [0.2, 0.25) is 6.41 Å². The van der Waals surface area contributed by atoms with Crippen LogP contribution in [0, 0.1) is 24.5 Å². The van der Waals surface area contributed by atoms with Gasteiger partial charge in [0.25, 0.3) is 0 Å². The third-order valence-corrected chi connectivity index (χ3v) is 8.08. The largest absolute Gasteiger partial charge is 0.404 e. The molecule has 1 aliphatic carbocycles. The molecule has 1 aromatic heterocycles. The van der Waals surface area contributed by atoms with Crippen molar-refractivity contribution in [2.45, 2.75) is 58.8 Å². The van der Waals surface area contributed by atoms with Crippen molar-refractivity contribution in [1.82, 2.24) is 15.1 Å². The molecule has 1 aromatic carbocycles. The van der Waals surface area contributed by atoms with Crippen molar-refractivity contribution in [3.8, 4) is 0 Å². The van der Waals surface area contributed by atoms with Crippen LogP contribution in [0.5, 0.6) is 0 Å². The van der Waals surface area contributed by atoms with Crippen LogP contribution in [0.15, 0.2) is 67.4 Å². The van der Waals surface area contributed by atoms with E-state index in [1.165, 1.54) is 39.9 Å². The summed E-state index contributed by atoms with van der Waals surface area (Å²) in [5, 5.41) is 10.7. The monoisotopic (exact) mass is 612 g/mol. The van der Waals surface area contributed by atoms with Crippen molar-refractivity contribution in [3.63, 3.8) is 0 Å². The molecule has 4 N–H and O–H groups in total. The normalized spacial score (nSPS) is 15.6. The summed E-state index contributed by atoms with van der Waals surface area (Å²) in [6, 6.07) is 4.47. The molecule has 12 heteroatoms. The van der Waals surface area contributed by atoms with Crippen molar-refractivity contribution in [1.29, 1.82) is 0 Å². The molecule has 1 saturated carbocycles. The third kappa shape index (κ3) is 7.73. The highest BCUT2D eigenvalue weighted by Crippen LogP contribution is 2.46. The molecule has 1 heterocycles. The Labute approximate surface area is 257 Å². The van der Waals surface area contributed by atoms with Gasteiger partial charge in [-0.2, -0.15) is 5.10 Å². The maximum absolute atomic E-state index is 15.1. The van der Waals surface area contributed by atoms with E-state index in [1.807, 2.05) is 33.8 Å². The van der Waals surface area contributed by atoms with Gasteiger partial charge in [0.1, 0.15) is 23.2 Å². The standard InChI is InChI=1S/C31H42F2N8OS/c1-9-18(3)27(23(16-34)31(35-6)41(10-2)17-42)28(21-11-12-21)30(37-26-13-19(4)38-39-26)36-20(5)40(7)29-24(32)14-22(43-8)15-25(29)33/h13-17,21H,9-12,34H2,1-8H3,(H2,37,38,39)/b23-16-,27-18+,30-28+,35-31?,36-20+. The van der Waals surface area contributed by atoms with Crippen molar-refractivity contribution in [2.24, 2.45) is 21.6 Å². The number of rotatable bonds is 12. The number of halogens is 2. The van der Waals surface area contributed by atoms with Gasteiger partial charge >= 0.3 is 0 Å². The lowest BCUT2D eigenvalue weighted by molar-refractivity contribution is -0.114. The Morgan fingerprint density at radius 1 is 1.23 bits per heavy atom. The fourth-order valence-electron chi connectivity index (χ4n) is 4.76. The lowest BCUT2D eigenvalue weighted by atomic mass is 9.88. The van der Waals surface area contributed by atoms with Gasteiger partial charge in [0.15, 0.2) is 17.5 Å². The summed E-state index contributed by atoms with van der Waals surface area (Å²) >= 11 is 1.26. The molecule has 0 saturated heterocycles. The van der Waals surface area contributed by atoms with Crippen LogP contribution in [-0.2, 0) is 4.79 Å². The number of amides is 1. The quantitative estimate of drug-likeness (QED) is 0.0842. The molecular weight excluding hydrogens is 570 g/mol. The molecule has 3 rings (SSSR count). The number of nitrogens with two attached hydrogens (primary N) is 1. The second kappa shape index (κ2) is 15.0. The number of carbonyl (C=O) groups is 1. The first kappa shape index (κ1) is 33.6. The summed E-state index contributed by atoms with van der Waals surface area (Å²) in [5.41, 5.74) is 10.2. The molecule has 0 aliphatic heterocycles. The predicted molar refractivity (Wildman–Crippen MR) is 173 cm³/mol. The van der Waals surface area contributed by atoms with Crippen molar-refractivity contribution < 1.29 is 13.6 Å². The maximum atomic E-state index is 15.1. The lowest BCUT2D eigenvalue weighted by Gasteiger charge is -2.26. The van der Waals surface area contributed by atoms with Crippen LogP contribution in [0.25, 0.3) is 0 Å². The molecule has 1 fully saturated rings. The maximum Gasteiger partial charge on any atom is 0.215 e. The van der Waals surface area contributed by atoms with Gasteiger partial charge in [-0.3, -0.25) is 19.8 Å². The van der Waals surface area contributed by atoms with E-state index in [2.05, 4.69) is 20.5 Å². The van der Waals surface area contributed by atoms with E-state index in [4.69, 9.17) is 10.7 Å². The summed E-state index contributed by atoms with van der Waals surface area (Å²) in [4.78, 5) is 24.8. The van der Waals surface area contributed by atoms with Crippen molar-refractivity contribution >= 4 is 41.3 Å². The van der Waals surface area contributed by atoms with E-state index in [0.29, 0.717) is 46.7 Å². The molecule has 0 unspecified atom stereocenters. The molecular formula is C31H42F2N8OS. The number of likely N-dealkylation sites (N-methyl/N-ethyl adjacent to an activating group) is 1. The van der Waals surface area contributed by atoms with E-state index in [-0.39, 0.29) is 11.6 Å². The number of H-pyrrole nitrogens is 1. The Bertz CT molecular complexity index is 1460. The van der Waals surface area contributed by atoms with Gasteiger partial charge < -0.3 is 16.0 Å². The Kier molecular flexibility index (Phi) is 11.7. The van der Waals surface area contributed by atoms with Gasteiger partial charge in [-0.1, -0.05) is 12.5 Å². The number of anilines is 2. The van der Waals surface area contributed by atoms with Gasteiger partial charge in [0, 0.05) is 54.6 Å². The highest BCUT2D eigenvalue weighted by molar-refractivity contribution is 7.98.